The maximum absolute atomic E-state index is 12.2. The lowest BCUT2D eigenvalue weighted by Crippen LogP contribution is -2.39. The molecule has 0 saturated carbocycles. The lowest BCUT2D eigenvalue weighted by Gasteiger charge is -2.19. The lowest BCUT2D eigenvalue weighted by atomic mass is 9.99. The third-order valence-electron chi connectivity index (χ3n) is 4.36. The van der Waals surface area contributed by atoms with Crippen molar-refractivity contribution in [3.63, 3.8) is 0 Å². The number of aromatic nitrogens is 3. The van der Waals surface area contributed by atoms with Gasteiger partial charge in [-0.05, 0) is 30.4 Å². The molecule has 2 N–H and O–H groups in total. The first-order chi connectivity index (χ1) is 11.2. The molecule has 1 aromatic carbocycles. The van der Waals surface area contributed by atoms with Gasteiger partial charge in [-0.15, -0.1) is 0 Å². The number of urea groups is 1. The number of benzene rings is 1. The van der Waals surface area contributed by atoms with Crippen LogP contribution in [0.4, 0.5) is 4.79 Å². The van der Waals surface area contributed by atoms with Crippen LogP contribution < -0.4 is 10.6 Å². The summed E-state index contributed by atoms with van der Waals surface area (Å²) in [5, 5.41) is 10.1. The van der Waals surface area contributed by atoms with Crippen LogP contribution in [0, 0.1) is 0 Å². The second-order valence-corrected chi connectivity index (χ2v) is 5.95. The maximum Gasteiger partial charge on any atom is 0.315 e. The minimum Gasteiger partial charge on any atom is -0.338 e. The molecule has 6 heteroatoms. The number of fused-ring (bicyclic) bond motifs is 1. The van der Waals surface area contributed by atoms with Crippen molar-refractivity contribution >= 4 is 6.03 Å². The van der Waals surface area contributed by atoms with Gasteiger partial charge in [-0.3, -0.25) is 4.68 Å². The van der Waals surface area contributed by atoms with Crippen molar-refractivity contribution in [3.8, 4) is 0 Å². The van der Waals surface area contributed by atoms with Gasteiger partial charge in [-0.1, -0.05) is 30.7 Å². The second-order valence-electron chi connectivity index (χ2n) is 5.95. The number of aryl methyl sites for hydroxylation is 2. The van der Waals surface area contributed by atoms with E-state index in [0.717, 1.165) is 25.1 Å². The summed E-state index contributed by atoms with van der Waals surface area (Å²) in [5.41, 5.74) is 2.61. The van der Waals surface area contributed by atoms with E-state index in [1.165, 1.54) is 23.9 Å². The van der Waals surface area contributed by atoms with Crippen molar-refractivity contribution in [1.29, 1.82) is 0 Å². The minimum absolute atomic E-state index is 0.100. The van der Waals surface area contributed by atoms with Gasteiger partial charge >= 0.3 is 6.03 Å². The molecular formula is C17H23N5O. The molecule has 1 heterocycles. The molecule has 0 radical (unpaired) electrons. The fourth-order valence-electron chi connectivity index (χ4n) is 3.11. The van der Waals surface area contributed by atoms with Crippen LogP contribution in [0.25, 0.3) is 0 Å². The minimum atomic E-state index is -0.117. The zero-order valence-corrected chi connectivity index (χ0v) is 13.5. The van der Waals surface area contributed by atoms with Crippen LogP contribution in [0.1, 0.15) is 42.3 Å². The fraction of sp³-hybridized carbons (Fsp3) is 0.471. The van der Waals surface area contributed by atoms with Crippen LogP contribution in [-0.2, 0) is 19.9 Å². The van der Waals surface area contributed by atoms with Crippen LogP contribution in [0.15, 0.2) is 30.6 Å². The molecule has 0 spiro atoms. The molecule has 1 aromatic heterocycles. The van der Waals surface area contributed by atoms with E-state index in [2.05, 4.69) is 38.9 Å². The van der Waals surface area contributed by atoms with E-state index in [9.17, 15) is 4.79 Å². The Hall–Kier alpha value is -2.37. The van der Waals surface area contributed by atoms with Gasteiger partial charge in [0.1, 0.15) is 12.2 Å². The van der Waals surface area contributed by atoms with E-state index in [1.807, 2.05) is 13.1 Å². The molecule has 23 heavy (non-hydrogen) atoms. The molecule has 1 atom stereocenters. The first kappa shape index (κ1) is 15.5. The standard InChI is InChI=1S/C17H23N5O/c1-22-16(19-12-20-22)10-11-18-17(23)21-15-9-5-3-7-13-6-2-4-8-14(13)15/h2,4,6,8,12,15H,3,5,7,9-11H2,1H3,(H2,18,21,23). The van der Waals surface area contributed by atoms with Gasteiger partial charge in [0, 0.05) is 20.0 Å². The molecule has 0 bridgehead atoms. The van der Waals surface area contributed by atoms with E-state index >= 15 is 0 Å². The van der Waals surface area contributed by atoms with Crippen LogP contribution in [0.3, 0.4) is 0 Å². The Labute approximate surface area is 136 Å². The molecule has 2 aromatic rings. The molecule has 0 fully saturated rings. The van der Waals surface area contributed by atoms with Gasteiger partial charge in [0.05, 0.1) is 6.04 Å². The summed E-state index contributed by atoms with van der Waals surface area (Å²) in [7, 11) is 1.85. The molecular weight excluding hydrogens is 290 g/mol. The molecule has 0 aliphatic heterocycles. The quantitative estimate of drug-likeness (QED) is 0.849. The van der Waals surface area contributed by atoms with Gasteiger partial charge < -0.3 is 10.6 Å². The second kappa shape index (κ2) is 7.26. The summed E-state index contributed by atoms with van der Waals surface area (Å²) in [4.78, 5) is 16.3. The Morgan fingerprint density at radius 1 is 1.35 bits per heavy atom. The largest absolute Gasteiger partial charge is 0.338 e. The topological polar surface area (TPSA) is 71.8 Å². The van der Waals surface area contributed by atoms with Crippen molar-refractivity contribution < 1.29 is 4.79 Å². The van der Waals surface area contributed by atoms with Gasteiger partial charge in [-0.2, -0.15) is 5.10 Å². The predicted molar refractivity (Wildman–Crippen MR) is 88.0 cm³/mol. The molecule has 2 amide bonds. The van der Waals surface area contributed by atoms with E-state index in [4.69, 9.17) is 0 Å². The lowest BCUT2D eigenvalue weighted by molar-refractivity contribution is 0.236. The highest BCUT2D eigenvalue weighted by atomic mass is 16.2. The average Bonchev–Trinajstić information content (AvgIpc) is 2.85. The van der Waals surface area contributed by atoms with Crippen molar-refractivity contribution in [1.82, 2.24) is 25.4 Å². The number of nitrogens with one attached hydrogen (secondary N) is 2. The van der Waals surface area contributed by atoms with Gasteiger partial charge in [0.15, 0.2) is 0 Å². The van der Waals surface area contributed by atoms with Crippen LogP contribution in [-0.4, -0.2) is 27.3 Å². The molecule has 1 aliphatic carbocycles. The Kier molecular flexibility index (Phi) is 4.90. The Morgan fingerprint density at radius 3 is 3.04 bits per heavy atom. The SMILES string of the molecule is Cn1ncnc1CCNC(=O)NC1CCCCc2ccccc21. The monoisotopic (exact) mass is 313 g/mol. The highest BCUT2D eigenvalue weighted by molar-refractivity contribution is 5.74. The molecule has 0 saturated heterocycles. The highest BCUT2D eigenvalue weighted by Crippen LogP contribution is 2.28. The molecule has 6 nitrogen and oxygen atoms in total. The summed E-state index contributed by atoms with van der Waals surface area (Å²) >= 11 is 0. The molecule has 1 unspecified atom stereocenters. The smallest absolute Gasteiger partial charge is 0.315 e. The molecule has 122 valence electrons. The Balaban J connectivity index is 1.54. The van der Waals surface area contributed by atoms with Crippen molar-refractivity contribution in [3.05, 3.63) is 47.5 Å². The first-order valence-electron chi connectivity index (χ1n) is 8.19. The number of carbonyl (C=O) groups excluding carboxylic acids is 1. The number of amides is 2. The Bertz CT molecular complexity index is 667. The third kappa shape index (κ3) is 3.88. The summed E-state index contributed by atoms with van der Waals surface area (Å²) in [5.74, 6) is 0.866. The number of hydrogen-bond donors (Lipinski definition) is 2. The van der Waals surface area contributed by atoms with Crippen LogP contribution in [0.2, 0.25) is 0 Å². The molecule has 3 rings (SSSR count). The molecule has 1 aliphatic rings. The Morgan fingerprint density at radius 2 is 2.22 bits per heavy atom. The fourth-order valence-corrected chi connectivity index (χ4v) is 3.11. The van der Waals surface area contributed by atoms with Crippen LogP contribution >= 0.6 is 0 Å². The maximum atomic E-state index is 12.2. The van der Waals surface area contributed by atoms with Crippen molar-refractivity contribution in [2.45, 2.75) is 38.1 Å². The van der Waals surface area contributed by atoms with E-state index in [0.29, 0.717) is 13.0 Å². The number of carbonyl (C=O) groups is 1. The van der Waals surface area contributed by atoms with E-state index < -0.39 is 0 Å². The summed E-state index contributed by atoms with van der Waals surface area (Å²) < 4.78 is 1.72. The average molecular weight is 313 g/mol. The van der Waals surface area contributed by atoms with Gasteiger partial charge in [-0.25, -0.2) is 9.78 Å². The van der Waals surface area contributed by atoms with Crippen molar-refractivity contribution in [2.24, 2.45) is 7.05 Å². The number of hydrogen-bond acceptors (Lipinski definition) is 3. The summed E-state index contributed by atoms with van der Waals surface area (Å²) in [6, 6.07) is 8.40. The zero-order chi connectivity index (χ0) is 16.1. The van der Waals surface area contributed by atoms with E-state index in [1.54, 1.807) is 4.68 Å². The first-order valence-corrected chi connectivity index (χ1v) is 8.19. The predicted octanol–water partition coefficient (Wildman–Crippen LogP) is 2.12. The normalized spacial score (nSPS) is 17.2. The van der Waals surface area contributed by atoms with Gasteiger partial charge in [0.25, 0.3) is 0 Å². The third-order valence-corrected chi connectivity index (χ3v) is 4.36. The number of rotatable bonds is 4. The summed E-state index contributed by atoms with van der Waals surface area (Å²) in [6.07, 6.45) is 6.61. The van der Waals surface area contributed by atoms with E-state index in [-0.39, 0.29) is 12.1 Å². The highest BCUT2D eigenvalue weighted by Gasteiger charge is 2.19. The summed E-state index contributed by atoms with van der Waals surface area (Å²) in [6.45, 7) is 0.548. The van der Waals surface area contributed by atoms with Crippen molar-refractivity contribution in [2.75, 3.05) is 6.54 Å². The van der Waals surface area contributed by atoms with Gasteiger partial charge in [0.2, 0.25) is 0 Å². The zero-order valence-electron chi connectivity index (χ0n) is 13.5. The van der Waals surface area contributed by atoms with Crippen LogP contribution in [0.5, 0.6) is 0 Å². The number of nitrogens with zero attached hydrogens (tertiary/aromatic N) is 3.